The largest absolute Gasteiger partial charge is 0.493 e. The predicted octanol–water partition coefficient (Wildman–Crippen LogP) is 4.54. The molecule has 128 valence electrons. The van der Waals surface area contributed by atoms with Crippen molar-refractivity contribution in [3.8, 4) is 11.5 Å². The summed E-state index contributed by atoms with van der Waals surface area (Å²) >= 11 is 17.2. The molecule has 0 unspecified atom stereocenters. The number of halogens is 2. The Kier molecular flexibility index (Phi) is 6.97. The molecular weight excluding hydrogens is 367 g/mol. The molecule has 0 atom stereocenters. The molecule has 0 radical (unpaired) electrons. The van der Waals surface area contributed by atoms with Crippen molar-refractivity contribution in [2.24, 2.45) is 0 Å². The second-order valence-electron chi connectivity index (χ2n) is 4.91. The van der Waals surface area contributed by atoms with Crippen LogP contribution in [0.2, 0.25) is 10.0 Å². The van der Waals surface area contributed by atoms with Crippen LogP contribution in [0.4, 0.5) is 5.69 Å². The summed E-state index contributed by atoms with van der Waals surface area (Å²) in [6, 6.07) is 11.1. The van der Waals surface area contributed by atoms with Crippen LogP contribution in [0.25, 0.3) is 0 Å². The second kappa shape index (κ2) is 8.97. The number of para-hydroxylation sites is 1. The van der Waals surface area contributed by atoms with Crippen molar-refractivity contribution in [2.75, 3.05) is 26.1 Å². The lowest BCUT2D eigenvalue weighted by atomic mass is 10.1. The van der Waals surface area contributed by atoms with E-state index in [0.717, 1.165) is 23.4 Å². The molecule has 0 aromatic heterocycles. The first-order chi connectivity index (χ1) is 11.5. The first-order valence-electron chi connectivity index (χ1n) is 7.25. The van der Waals surface area contributed by atoms with Crippen molar-refractivity contribution < 1.29 is 9.47 Å². The zero-order chi connectivity index (χ0) is 17.5. The maximum atomic E-state index is 5.98. The van der Waals surface area contributed by atoms with Gasteiger partial charge in [-0.3, -0.25) is 0 Å². The minimum absolute atomic E-state index is 0.477. The maximum absolute atomic E-state index is 5.98. The summed E-state index contributed by atoms with van der Waals surface area (Å²) < 4.78 is 10.7. The van der Waals surface area contributed by atoms with E-state index in [1.807, 2.05) is 24.3 Å². The zero-order valence-electron chi connectivity index (χ0n) is 13.4. The smallest absolute Gasteiger partial charge is 0.170 e. The summed E-state index contributed by atoms with van der Waals surface area (Å²) in [7, 11) is 3.25. The van der Waals surface area contributed by atoms with Gasteiger partial charge in [-0.25, -0.2) is 0 Å². The second-order valence-corrected chi connectivity index (χ2v) is 6.14. The molecule has 2 N–H and O–H groups in total. The van der Waals surface area contributed by atoms with Crippen molar-refractivity contribution in [1.29, 1.82) is 0 Å². The van der Waals surface area contributed by atoms with Crippen molar-refractivity contribution in [3.05, 3.63) is 52.0 Å². The molecule has 0 aliphatic carbocycles. The number of hydrogen-bond acceptors (Lipinski definition) is 3. The number of anilines is 1. The van der Waals surface area contributed by atoms with Gasteiger partial charge in [0.25, 0.3) is 0 Å². The third kappa shape index (κ3) is 4.90. The lowest BCUT2D eigenvalue weighted by Gasteiger charge is -2.14. The topological polar surface area (TPSA) is 42.5 Å². The summed E-state index contributed by atoms with van der Waals surface area (Å²) in [5, 5.41) is 7.71. The van der Waals surface area contributed by atoms with Crippen molar-refractivity contribution in [2.45, 2.75) is 6.42 Å². The Bertz CT molecular complexity index is 726. The molecule has 0 spiro atoms. The van der Waals surface area contributed by atoms with Gasteiger partial charge in [0.15, 0.2) is 16.6 Å². The fourth-order valence-corrected chi connectivity index (χ4v) is 2.73. The van der Waals surface area contributed by atoms with Crippen LogP contribution in [0.1, 0.15) is 5.56 Å². The summed E-state index contributed by atoms with van der Waals surface area (Å²) in [6.07, 6.45) is 0.740. The van der Waals surface area contributed by atoms with Gasteiger partial charge in [-0.1, -0.05) is 35.3 Å². The van der Waals surface area contributed by atoms with Crippen LogP contribution in [-0.2, 0) is 6.42 Å². The molecule has 0 saturated carbocycles. The van der Waals surface area contributed by atoms with Gasteiger partial charge in [0.2, 0.25) is 0 Å². The molecule has 0 fully saturated rings. The molecule has 0 aliphatic rings. The fourth-order valence-electron chi connectivity index (χ4n) is 2.21. The molecule has 0 heterocycles. The van der Waals surface area contributed by atoms with Crippen LogP contribution in [0.5, 0.6) is 11.5 Å². The van der Waals surface area contributed by atoms with Gasteiger partial charge in [0, 0.05) is 12.2 Å². The van der Waals surface area contributed by atoms with Gasteiger partial charge in [-0.05, 0) is 48.5 Å². The van der Waals surface area contributed by atoms with E-state index in [2.05, 4.69) is 10.6 Å². The van der Waals surface area contributed by atoms with E-state index in [1.54, 1.807) is 26.4 Å². The Labute approximate surface area is 157 Å². The highest BCUT2D eigenvalue weighted by molar-refractivity contribution is 7.80. The highest BCUT2D eigenvalue weighted by atomic mass is 35.5. The summed E-state index contributed by atoms with van der Waals surface area (Å²) in [5.74, 6) is 1.46. The molecule has 24 heavy (non-hydrogen) atoms. The number of thiocarbonyl (C=S) groups is 1. The summed E-state index contributed by atoms with van der Waals surface area (Å²) in [4.78, 5) is 0. The molecule has 2 aromatic rings. The Hall–Kier alpha value is -1.69. The quantitative estimate of drug-likeness (QED) is 0.715. The van der Waals surface area contributed by atoms with E-state index in [4.69, 9.17) is 44.9 Å². The SMILES string of the molecule is COc1cccc(CCNC(=S)Nc2ccc(Cl)c(Cl)c2)c1OC. The van der Waals surface area contributed by atoms with Crippen LogP contribution >= 0.6 is 35.4 Å². The van der Waals surface area contributed by atoms with E-state index in [-0.39, 0.29) is 0 Å². The Balaban J connectivity index is 1.90. The van der Waals surface area contributed by atoms with Crippen molar-refractivity contribution >= 4 is 46.2 Å². The third-order valence-electron chi connectivity index (χ3n) is 3.34. The maximum Gasteiger partial charge on any atom is 0.170 e. The Morgan fingerprint density at radius 1 is 1.08 bits per heavy atom. The van der Waals surface area contributed by atoms with Gasteiger partial charge in [-0.2, -0.15) is 0 Å². The van der Waals surface area contributed by atoms with Crippen LogP contribution < -0.4 is 20.1 Å². The van der Waals surface area contributed by atoms with Crippen LogP contribution in [0, 0.1) is 0 Å². The normalized spacial score (nSPS) is 10.2. The van der Waals surface area contributed by atoms with Gasteiger partial charge >= 0.3 is 0 Å². The molecule has 0 amide bonds. The van der Waals surface area contributed by atoms with Crippen molar-refractivity contribution in [1.82, 2.24) is 5.32 Å². The first-order valence-corrected chi connectivity index (χ1v) is 8.41. The number of benzene rings is 2. The number of nitrogens with one attached hydrogen (secondary N) is 2. The number of methoxy groups -OCH3 is 2. The van der Waals surface area contributed by atoms with Gasteiger partial charge in [-0.15, -0.1) is 0 Å². The number of rotatable bonds is 6. The summed E-state index contributed by atoms with van der Waals surface area (Å²) in [6.45, 7) is 0.649. The van der Waals surface area contributed by atoms with Gasteiger partial charge in [0.05, 0.1) is 24.3 Å². The van der Waals surface area contributed by atoms with Crippen molar-refractivity contribution in [3.63, 3.8) is 0 Å². The third-order valence-corrected chi connectivity index (χ3v) is 4.33. The standard InChI is InChI=1S/C17H18Cl2N2O2S/c1-22-15-5-3-4-11(16(15)23-2)8-9-20-17(24)21-12-6-7-13(18)14(19)10-12/h3-7,10H,8-9H2,1-2H3,(H2,20,21,24). The average molecular weight is 385 g/mol. The monoisotopic (exact) mass is 384 g/mol. The lowest BCUT2D eigenvalue weighted by Crippen LogP contribution is -2.30. The zero-order valence-corrected chi connectivity index (χ0v) is 15.7. The Morgan fingerprint density at radius 2 is 1.88 bits per heavy atom. The molecule has 2 aromatic carbocycles. The van der Waals surface area contributed by atoms with Gasteiger partial charge < -0.3 is 20.1 Å². The van der Waals surface area contributed by atoms with E-state index in [9.17, 15) is 0 Å². The first kappa shape index (κ1) is 18.6. The highest BCUT2D eigenvalue weighted by Gasteiger charge is 2.09. The molecule has 4 nitrogen and oxygen atoms in total. The molecular formula is C17H18Cl2N2O2S. The van der Waals surface area contributed by atoms with Crippen LogP contribution in [0.15, 0.2) is 36.4 Å². The fraction of sp³-hybridized carbons (Fsp3) is 0.235. The summed E-state index contributed by atoms with van der Waals surface area (Å²) in [5.41, 5.74) is 1.82. The molecule has 0 aliphatic heterocycles. The minimum atomic E-state index is 0.477. The van der Waals surface area contributed by atoms with Crippen LogP contribution in [-0.4, -0.2) is 25.9 Å². The molecule has 0 saturated heterocycles. The minimum Gasteiger partial charge on any atom is -0.493 e. The van der Waals surface area contributed by atoms with Crippen LogP contribution in [0.3, 0.4) is 0 Å². The van der Waals surface area contributed by atoms with E-state index in [1.165, 1.54) is 0 Å². The Morgan fingerprint density at radius 3 is 2.54 bits per heavy atom. The number of ether oxygens (including phenoxy) is 2. The number of hydrogen-bond donors (Lipinski definition) is 2. The van der Waals surface area contributed by atoms with Gasteiger partial charge in [0.1, 0.15) is 0 Å². The molecule has 7 heteroatoms. The van der Waals surface area contributed by atoms with E-state index < -0.39 is 0 Å². The molecule has 0 bridgehead atoms. The lowest BCUT2D eigenvalue weighted by molar-refractivity contribution is 0.351. The van der Waals surface area contributed by atoms with E-state index in [0.29, 0.717) is 27.5 Å². The predicted molar refractivity (Wildman–Crippen MR) is 104 cm³/mol. The highest BCUT2D eigenvalue weighted by Crippen LogP contribution is 2.30. The van der Waals surface area contributed by atoms with E-state index >= 15 is 0 Å². The average Bonchev–Trinajstić information content (AvgIpc) is 2.57. The molecule has 2 rings (SSSR count).